The molecule has 2 amide bonds. The molecule has 2 rings (SSSR count). The van der Waals surface area contributed by atoms with E-state index in [1.54, 1.807) is 0 Å². The molecule has 0 aromatic heterocycles. The van der Waals surface area contributed by atoms with Gasteiger partial charge in [-0.15, -0.1) is 0 Å². The van der Waals surface area contributed by atoms with Gasteiger partial charge in [0.25, 0.3) is 0 Å². The topological polar surface area (TPSA) is 75.4 Å². The monoisotopic (exact) mass is 387 g/mol. The lowest BCUT2D eigenvalue weighted by Gasteiger charge is -2.29. The van der Waals surface area contributed by atoms with Crippen LogP contribution in [-0.2, 0) is 9.59 Å². The van der Waals surface area contributed by atoms with Gasteiger partial charge in [-0.3, -0.25) is 14.5 Å². The van der Waals surface area contributed by atoms with Gasteiger partial charge in [0.05, 0.1) is 12.2 Å². The zero-order valence-corrected chi connectivity index (χ0v) is 13.3. The first-order chi connectivity index (χ1) is 9.56. The molecular formula is C14H18IN3O2. The molecule has 108 valence electrons. The molecular weight excluding hydrogens is 369 g/mol. The van der Waals surface area contributed by atoms with Gasteiger partial charge in [-0.05, 0) is 60.7 Å². The molecule has 0 bridgehead atoms. The van der Waals surface area contributed by atoms with Gasteiger partial charge in [-0.25, -0.2) is 0 Å². The van der Waals surface area contributed by atoms with Crippen molar-refractivity contribution in [2.45, 2.75) is 12.8 Å². The first-order valence-corrected chi connectivity index (χ1v) is 7.70. The van der Waals surface area contributed by atoms with Crippen molar-refractivity contribution < 1.29 is 9.59 Å². The third-order valence-corrected chi connectivity index (χ3v) is 4.45. The van der Waals surface area contributed by atoms with E-state index in [0.717, 1.165) is 35.2 Å². The second-order valence-corrected chi connectivity index (χ2v) is 6.14. The number of hydrogen-bond acceptors (Lipinski definition) is 3. The summed E-state index contributed by atoms with van der Waals surface area (Å²) in [6.07, 6.45) is 1.48. The minimum atomic E-state index is -0.229. The molecule has 6 heteroatoms. The zero-order valence-electron chi connectivity index (χ0n) is 11.1. The van der Waals surface area contributed by atoms with E-state index in [0.29, 0.717) is 6.54 Å². The van der Waals surface area contributed by atoms with E-state index in [9.17, 15) is 9.59 Å². The standard InChI is InChI=1S/C14H18IN3O2/c15-11-3-1-2-4-12(11)17-13(19)9-18-7-5-10(6-8-18)14(16)20/h1-4,10H,5-9H2,(H2,16,20)(H,17,19). The molecule has 0 radical (unpaired) electrons. The van der Waals surface area contributed by atoms with Gasteiger partial charge in [-0.2, -0.15) is 0 Å². The Bertz CT molecular complexity index is 499. The summed E-state index contributed by atoms with van der Waals surface area (Å²) in [5.74, 6) is -0.288. The van der Waals surface area contributed by atoms with Gasteiger partial charge in [0, 0.05) is 9.49 Å². The van der Waals surface area contributed by atoms with E-state index in [2.05, 4.69) is 32.8 Å². The maximum Gasteiger partial charge on any atom is 0.238 e. The van der Waals surface area contributed by atoms with Crippen molar-refractivity contribution in [2.75, 3.05) is 25.0 Å². The van der Waals surface area contributed by atoms with Crippen LogP contribution in [0.2, 0.25) is 0 Å². The smallest absolute Gasteiger partial charge is 0.238 e. The van der Waals surface area contributed by atoms with Gasteiger partial charge in [0.15, 0.2) is 0 Å². The number of carbonyl (C=O) groups excluding carboxylic acids is 2. The summed E-state index contributed by atoms with van der Waals surface area (Å²) in [7, 11) is 0. The van der Waals surface area contributed by atoms with E-state index in [1.165, 1.54) is 0 Å². The fourth-order valence-electron chi connectivity index (χ4n) is 2.33. The summed E-state index contributed by atoms with van der Waals surface area (Å²) in [5.41, 5.74) is 6.13. The lowest BCUT2D eigenvalue weighted by Crippen LogP contribution is -2.42. The average Bonchev–Trinajstić information content (AvgIpc) is 2.42. The van der Waals surface area contributed by atoms with E-state index in [1.807, 2.05) is 24.3 Å². The molecule has 0 aliphatic carbocycles. The van der Waals surface area contributed by atoms with Crippen molar-refractivity contribution in [1.82, 2.24) is 4.90 Å². The predicted molar refractivity (Wildman–Crippen MR) is 86.1 cm³/mol. The number of likely N-dealkylation sites (tertiary alicyclic amines) is 1. The molecule has 20 heavy (non-hydrogen) atoms. The third-order valence-electron chi connectivity index (χ3n) is 3.51. The summed E-state index contributed by atoms with van der Waals surface area (Å²) >= 11 is 2.19. The maximum absolute atomic E-state index is 12.0. The van der Waals surface area contributed by atoms with Gasteiger partial charge < -0.3 is 11.1 Å². The Balaban J connectivity index is 1.81. The molecule has 1 saturated heterocycles. The fraction of sp³-hybridized carbons (Fsp3) is 0.429. The Kier molecular flexibility index (Phi) is 5.36. The third kappa shape index (κ3) is 4.17. The van der Waals surface area contributed by atoms with Gasteiger partial charge in [0.1, 0.15) is 0 Å². The molecule has 1 aliphatic rings. The first kappa shape index (κ1) is 15.2. The van der Waals surface area contributed by atoms with Crippen molar-refractivity contribution in [3.8, 4) is 0 Å². The molecule has 3 N–H and O–H groups in total. The van der Waals surface area contributed by atoms with Crippen molar-refractivity contribution in [3.05, 3.63) is 27.8 Å². The SMILES string of the molecule is NC(=O)C1CCN(CC(=O)Nc2ccccc2I)CC1. The number of benzene rings is 1. The predicted octanol–water partition coefficient (Wildman–Crippen LogP) is 1.43. The summed E-state index contributed by atoms with van der Waals surface area (Å²) in [5, 5.41) is 2.91. The number of piperidine rings is 1. The highest BCUT2D eigenvalue weighted by Gasteiger charge is 2.24. The molecule has 1 aromatic carbocycles. The molecule has 1 aliphatic heterocycles. The first-order valence-electron chi connectivity index (χ1n) is 6.62. The Labute approximate surface area is 132 Å². The summed E-state index contributed by atoms with van der Waals surface area (Å²) in [6.45, 7) is 1.84. The Morgan fingerprint density at radius 3 is 2.55 bits per heavy atom. The van der Waals surface area contributed by atoms with Crippen LogP contribution in [-0.4, -0.2) is 36.3 Å². The van der Waals surface area contributed by atoms with Crippen LogP contribution in [0.3, 0.4) is 0 Å². The fourth-order valence-corrected chi connectivity index (χ4v) is 2.85. The number of para-hydroxylation sites is 1. The number of nitrogens with zero attached hydrogens (tertiary/aromatic N) is 1. The van der Waals surface area contributed by atoms with Crippen LogP contribution >= 0.6 is 22.6 Å². The molecule has 0 unspecified atom stereocenters. The summed E-state index contributed by atoms with van der Waals surface area (Å²) < 4.78 is 1.02. The number of hydrogen-bond donors (Lipinski definition) is 2. The molecule has 0 spiro atoms. The summed E-state index contributed by atoms with van der Waals surface area (Å²) in [4.78, 5) is 25.1. The minimum absolute atomic E-state index is 0.0216. The Morgan fingerprint density at radius 2 is 1.95 bits per heavy atom. The number of anilines is 1. The molecule has 0 atom stereocenters. The number of primary amides is 1. The van der Waals surface area contributed by atoms with Gasteiger partial charge in [-0.1, -0.05) is 12.1 Å². The van der Waals surface area contributed by atoms with Crippen LogP contribution in [0, 0.1) is 9.49 Å². The number of amides is 2. The Morgan fingerprint density at radius 1 is 1.30 bits per heavy atom. The lowest BCUT2D eigenvalue weighted by molar-refractivity contribution is -0.123. The van der Waals surface area contributed by atoms with E-state index in [4.69, 9.17) is 5.73 Å². The van der Waals surface area contributed by atoms with Crippen LogP contribution in [0.4, 0.5) is 5.69 Å². The largest absolute Gasteiger partial charge is 0.369 e. The van der Waals surface area contributed by atoms with Crippen LogP contribution in [0.25, 0.3) is 0 Å². The highest BCUT2D eigenvalue weighted by Crippen LogP contribution is 2.18. The van der Waals surface area contributed by atoms with E-state index < -0.39 is 0 Å². The number of carbonyl (C=O) groups is 2. The second-order valence-electron chi connectivity index (χ2n) is 4.98. The zero-order chi connectivity index (χ0) is 14.5. The number of halogens is 1. The molecule has 1 heterocycles. The highest BCUT2D eigenvalue weighted by atomic mass is 127. The van der Waals surface area contributed by atoms with Crippen LogP contribution in [0.1, 0.15) is 12.8 Å². The Hall–Kier alpha value is -1.15. The van der Waals surface area contributed by atoms with E-state index >= 15 is 0 Å². The molecule has 5 nitrogen and oxygen atoms in total. The number of nitrogens with two attached hydrogens (primary N) is 1. The lowest BCUT2D eigenvalue weighted by atomic mass is 9.96. The van der Waals surface area contributed by atoms with Crippen molar-refractivity contribution >= 4 is 40.1 Å². The van der Waals surface area contributed by atoms with Crippen LogP contribution in [0.15, 0.2) is 24.3 Å². The maximum atomic E-state index is 12.0. The van der Waals surface area contributed by atoms with E-state index in [-0.39, 0.29) is 17.7 Å². The number of rotatable bonds is 4. The van der Waals surface area contributed by atoms with Crippen molar-refractivity contribution in [3.63, 3.8) is 0 Å². The minimum Gasteiger partial charge on any atom is -0.369 e. The van der Waals surface area contributed by atoms with Gasteiger partial charge >= 0.3 is 0 Å². The average molecular weight is 387 g/mol. The van der Waals surface area contributed by atoms with Crippen molar-refractivity contribution in [2.24, 2.45) is 11.7 Å². The van der Waals surface area contributed by atoms with Gasteiger partial charge in [0.2, 0.25) is 11.8 Å². The molecule has 1 aromatic rings. The number of nitrogens with one attached hydrogen (secondary N) is 1. The summed E-state index contributed by atoms with van der Waals surface area (Å²) in [6, 6.07) is 7.68. The highest BCUT2D eigenvalue weighted by molar-refractivity contribution is 14.1. The molecule has 1 fully saturated rings. The van der Waals surface area contributed by atoms with Crippen LogP contribution < -0.4 is 11.1 Å². The second kappa shape index (κ2) is 7.03. The van der Waals surface area contributed by atoms with Crippen LogP contribution in [0.5, 0.6) is 0 Å². The quantitative estimate of drug-likeness (QED) is 0.768. The van der Waals surface area contributed by atoms with Crippen molar-refractivity contribution in [1.29, 1.82) is 0 Å². The normalized spacial score (nSPS) is 16.9. The molecule has 0 saturated carbocycles.